The second-order valence-corrected chi connectivity index (χ2v) is 7.48. The Kier molecular flexibility index (Phi) is 5.30. The number of fused-ring (bicyclic) bond motifs is 1. The molecule has 1 heterocycles. The molecule has 118 valence electrons. The zero-order chi connectivity index (χ0) is 14.7. The fourth-order valence-electron chi connectivity index (χ4n) is 3.87. The third kappa shape index (κ3) is 3.33. The van der Waals surface area contributed by atoms with Crippen LogP contribution in [0.15, 0.2) is 0 Å². The first-order chi connectivity index (χ1) is 10.3. The fourth-order valence-corrected chi connectivity index (χ4v) is 5.18. The van der Waals surface area contributed by atoms with Gasteiger partial charge in [0.15, 0.2) is 0 Å². The smallest absolute Gasteiger partial charge is 0.122 e. The maximum absolute atomic E-state index is 6.14. The van der Waals surface area contributed by atoms with Crippen molar-refractivity contribution in [1.82, 2.24) is 10.3 Å². The van der Waals surface area contributed by atoms with Crippen LogP contribution in [0.2, 0.25) is 0 Å². The van der Waals surface area contributed by atoms with Gasteiger partial charge in [0.05, 0.1) is 11.7 Å². The van der Waals surface area contributed by atoms with E-state index in [-0.39, 0.29) is 6.10 Å². The Morgan fingerprint density at radius 3 is 2.76 bits per heavy atom. The van der Waals surface area contributed by atoms with Gasteiger partial charge < -0.3 is 10.1 Å². The molecule has 2 unspecified atom stereocenters. The van der Waals surface area contributed by atoms with Gasteiger partial charge in [-0.1, -0.05) is 19.3 Å². The summed E-state index contributed by atoms with van der Waals surface area (Å²) >= 11 is 1.92. The van der Waals surface area contributed by atoms with Crippen LogP contribution in [0, 0.1) is 5.92 Å². The molecule has 0 aliphatic heterocycles. The average Bonchev–Trinajstić information content (AvgIpc) is 2.97. The molecule has 2 aliphatic carbocycles. The molecular weight excluding hydrogens is 280 g/mol. The molecule has 0 spiro atoms. The lowest BCUT2D eigenvalue weighted by Crippen LogP contribution is -2.22. The lowest BCUT2D eigenvalue weighted by Gasteiger charge is -2.28. The van der Waals surface area contributed by atoms with Crippen molar-refractivity contribution in [3.05, 3.63) is 15.6 Å². The third-order valence-electron chi connectivity index (χ3n) is 4.99. The summed E-state index contributed by atoms with van der Waals surface area (Å²) in [5.74, 6) is 0.680. The van der Waals surface area contributed by atoms with Crippen LogP contribution in [0.5, 0.6) is 0 Å². The summed E-state index contributed by atoms with van der Waals surface area (Å²) in [6.07, 6.45) is 10.7. The zero-order valence-electron chi connectivity index (χ0n) is 13.4. The Hall–Kier alpha value is -0.450. The van der Waals surface area contributed by atoms with Crippen LogP contribution in [0.3, 0.4) is 0 Å². The fraction of sp³-hybridized carbons (Fsp3) is 0.824. The van der Waals surface area contributed by atoms with Crippen LogP contribution >= 0.6 is 11.3 Å². The van der Waals surface area contributed by atoms with Crippen LogP contribution in [0.25, 0.3) is 0 Å². The number of aryl methyl sites for hydroxylation is 1. The number of nitrogens with one attached hydrogen (secondary N) is 1. The van der Waals surface area contributed by atoms with E-state index in [1.807, 2.05) is 11.3 Å². The van der Waals surface area contributed by atoms with Gasteiger partial charge in [-0.15, -0.1) is 11.3 Å². The molecule has 2 atom stereocenters. The molecule has 0 amide bonds. The molecule has 1 N–H and O–H groups in total. The number of hydrogen-bond donors (Lipinski definition) is 1. The van der Waals surface area contributed by atoms with Crippen LogP contribution in [0.4, 0.5) is 0 Å². The molecular formula is C17H28N2OS. The molecule has 0 saturated heterocycles. The second-order valence-electron chi connectivity index (χ2n) is 6.37. The van der Waals surface area contributed by atoms with E-state index in [2.05, 4.69) is 19.3 Å². The minimum absolute atomic E-state index is 0.239. The standard InChI is InChI=1S/C17H28N2OS/c1-3-20-16(12-8-5-4-6-9-12)17-19-15-13(18-2)10-7-11-14(15)21-17/h12-13,16,18H,3-11H2,1-2H3. The van der Waals surface area contributed by atoms with Gasteiger partial charge in [-0.05, 0) is 52.0 Å². The lowest BCUT2D eigenvalue weighted by atomic mass is 9.85. The number of nitrogens with zero attached hydrogens (tertiary/aromatic N) is 1. The Morgan fingerprint density at radius 1 is 1.24 bits per heavy atom. The maximum Gasteiger partial charge on any atom is 0.122 e. The largest absolute Gasteiger partial charge is 0.371 e. The van der Waals surface area contributed by atoms with Gasteiger partial charge in [-0.2, -0.15) is 0 Å². The van der Waals surface area contributed by atoms with E-state index in [4.69, 9.17) is 9.72 Å². The summed E-state index contributed by atoms with van der Waals surface area (Å²) in [6.45, 7) is 2.90. The molecule has 0 aromatic carbocycles. The van der Waals surface area contributed by atoms with Crippen LogP contribution < -0.4 is 5.32 Å². The van der Waals surface area contributed by atoms with E-state index >= 15 is 0 Å². The molecule has 0 radical (unpaired) electrons. The van der Waals surface area contributed by atoms with Crippen molar-refractivity contribution >= 4 is 11.3 Å². The minimum Gasteiger partial charge on any atom is -0.371 e. The Labute approximate surface area is 132 Å². The summed E-state index contributed by atoms with van der Waals surface area (Å²) < 4.78 is 6.14. The highest BCUT2D eigenvalue weighted by Gasteiger charge is 2.31. The van der Waals surface area contributed by atoms with E-state index in [9.17, 15) is 0 Å². The topological polar surface area (TPSA) is 34.1 Å². The molecule has 1 saturated carbocycles. The van der Waals surface area contributed by atoms with Gasteiger partial charge in [-0.3, -0.25) is 0 Å². The molecule has 1 aromatic heterocycles. The maximum atomic E-state index is 6.14. The van der Waals surface area contributed by atoms with E-state index in [1.54, 1.807) is 0 Å². The van der Waals surface area contributed by atoms with Crippen molar-refractivity contribution in [3.8, 4) is 0 Å². The molecule has 1 aromatic rings. The monoisotopic (exact) mass is 308 g/mol. The molecule has 21 heavy (non-hydrogen) atoms. The zero-order valence-corrected chi connectivity index (χ0v) is 14.2. The van der Waals surface area contributed by atoms with Crippen molar-refractivity contribution in [2.24, 2.45) is 5.92 Å². The van der Waals surface area contributed by atoms with Crippen molar-refractivity contribution < 1.29 is 4.74 Å². The van der Waals surface area contributed by atoms with Crippen molar-refractivity contribution in [3.63, 3.8) is 0 Å². The first kappa shape index (κ1) is 15.4. The summed E-state index contributed by atoms with van der Waals surface area (Å²) in [6, 6.07) is 0.451. The number of rotatable bonds is 5. The van der Waals surface area contributed by atoms with Gasteiger partial charge >= 0.3 is 0 Å². The number of ether oxygens (including phenoxy) is 1. The SMILES string of the molecule is CCOC(c1nc2c(s1)CCCC2NC)C1CCCCC1. The van der Waals surface area contributed by atoms with Crippen molar-refractivity contribution in [2.45, 2.75) is 70.4 Å². The van der Waals surface area contributed by atoms with E-state index in [1.165, 1.54) is 66.9 Å². The Balaban J connectivity index is 1.83. The predicted molar refractivity (Wildman–Crippen MR) is 87.8 cm³/mol. The number of thiazole rings is 1. The summed E-state index contributed by atoms with van der Waals surface area (Å²) in [7, 11) is 2.06. The first-order valence-electron chi connectivity index (χ1n) is 8.61. The summed E-state index contributed by atoms with van der Waals surface area (Å²) in [5.41, 5.74) is 1.31. The van der Waals surface area contributed by atoms with Crippen LogP contribution in [-0.2, 0) is 11.2 Å². The van der Waals surface area contributed by atoms with E-state index in [0.29, 0.717) is 12.0 Å². The van der Waals surface area contributed by atoms with Crippen molar-refractivity contribution in [2.75, 3.05) is 13.7 Å². The molecule has 4 heteroatoms. The molecule has 1 fully saturated rings. The summed E-state index contributed by atoms with van der Waals surface area (Å²) in [4.78, 5) is 6.52. The van der Waals surface area contributed by atoms with Crippen LogP contribution in [-0.4, -0.2) is 18.6 Å². The predicted octanol–water partition coefficient (Wildman–Crippen LogP) is 4.40. The van der Waals surface area contributed by atoms with Crippen LogP contribution in [0.1, 0.15) is 79.6 Å². The van der Waals surface area contributed by atoms with E-state index < -0.39 is 0 Å². The van der Waals surface area contributed by atoms with Gasteiger partial charge in [0, 0.05) is 11.5 Å². The van der Waals surface area contributed by atoms with Gasteiger partial charge in [0.2, 0.25) is 0 Å². The normalized spacial score (nSPS) is 24.8. The third-order valence-corrected chi connectivity index (χ3v) is 6.18. The molecule has 3 nitrogen and oxygen atoms in total. The minimum atomic E-state index is 0.239. The average molecular weight is 308 g/mol. The van der Waals surface area contributed by atoms with Gasteiger partial charge in [-0.25, -0.2) is 4.98 Å². The number of hydrogen-bond acceptors (Lipinski definition) is 4. The molecule has 0 bridgehead atoms. The van der Waals surface area contributed by atoms with Gasteiger partial charge in [0.1, 0.15) is 11.1 Å². The lowest BCUT2D eigenvalue weighted by molar-refractivity contribution is 0.00538. The van der Waals surface area contributed by atoms with Gasteiger partial charge in [0.25, 0.3) is 0 Å². The first-order valence-corrected chi connectivity index (χ1v) is 9.43. The summed E-state index contributed by atoms with van der Waals surface area (Å²) in [5, 5.41) is 4.67. The Morgan fingerprint density at radius 2 is 2.05 bits per heavy atom. The second kappa shape index (κ2) is 7.21. The molecule has 3 rings (SSSR count). The van der Waals surface area contributed by atoms with Crippen molar-refractivity contribution in [1.29, 1.82) is 0 Å². The Bertz CT molecular complexity index is 454. The molecule has 2 aliphatic rings. The highest BCUT2D eigenvalue weighted by atomic mass is 32.1. The quantitative estimate of drug-likeness (QED) is 0.875. The number of aromatic nitrogens is 1. The highest BCUT2D eigenvalue weighted by molar-refractivity contribution is 7.11. The highest BCUT2D eigenvalue weighted by Crippen LogP contribution is 2.41. The van der Waals surface area contributed by atoms with E-state index in [0.717, 1.165) is 6.61 Å².